The van der Waals surface area contributed by atoms with E-state index in [9.17, 15) is 44.6 Å². The van der Waals surface area contributed by atoms with Gasteiger partial charge >= 0.3 is 24.4 Å². The second kappa shape index (κ2) is 24.1. The lowest BCUT2D eigenvalue weighted by Crippen LogP contribution is -2.72. The molecule has 0 aromatic rings. The molecule has 0 spiro atoms. The largest absolute Gasteiger partial charge is 0.444 e. The molecule has 4 aliphatic rings. The maximum absolute atomic E-state index is 13.9. The van der Waals surface area contributed by atoms with Crippen molar-refractivity contribution < 1.29 is 86.7 Å². The summed E-state index contributed by atoms with van der Waals surface area (Å²) in [6, 6.07) is -2.64. The van der Waals surface area contributed by atoms with Gasteiger partial charge in [0.1, 0.15) is 65.1 Å². The zero-order valence-electron chi connectivity index (χ0n) is 43.7. The average Bonchev–Trinajstić information content (AvgIpc) is 3.19. The number of amides is 5. The minimum Gasteiger partial charge on any atom is -0.444 e. The quantitative estimate of drug-likeness (QED) is 0.116. The smallest absolute Gasteiger partial charge is 0.408 e. The third kappa shape index (κ3) is 19.2. The molecule has 0 radical (unpaired) electrons. The first kappa shape index (κ1) is 59.2. The molecule has 4 rings (SSSR count). The van der Waals surface area contributed by atoms with Gasteiger partial charge in [-0.15, -0.1) is 0 Å². The van der Waals surface area contributed by atoms with Gasteiger partial charge in [-0.25, -0.2) is 19.2 Å². The Kier molecular flexibility index (Phi) is 20.1. The third-order valence-electron chi connectivity index (χ3n) is 11.1. The summed E-state index contributed by atoms with van der Waals surface area (Å²) in [4.78, 5) is 66.2. The van der Waals surface area contributed by atoms with Crippen LogP contribution in [0.3, 0.4) is 0 Å². The van der Waals surface area contributed by atoms with E-state index in [-0.39, 0.29) is 38.8 Å². The number of aliphatic hydroxyl groups is 3. The molecule has 406 valence electrons. The van der Waals surface area contributed by atoms with Crippen LogP contribution in [0.25, 0.3) is 0 Å². The Morgan fingerprint density at radius 2 is 1.20 bits per heavy atom. The molecule has 24 nitrogen and oxygen atoms in total. The number of nitrogens with one attached hydrogen (secondary N) is 5. The van der Waals surface area contributed by atoms with E-state index >= 15 is 0 Å². The highest BCUT2D eigenvalue weighted by Gasteiger charge is 2.56. The lowest BCUT2D eigenvalue weighted by atomic mass is 9.83. The molecule has 4 fully saturated rings. The molecule has 24 heteroatoms. The predicted octanol–water partition coefficient (Wildman–Crippen LogP) is 3.01. The van der Waals surface area contributed by atoms with Crippen molar-refractivity contribution in [3.8, 4) is 6.07 Å². The van der Waals surface area contributed by atoms with Crippen LogP contribution in [0.2, 0.25) is 0 Å². The number of fused-ring (bicyclic) bond motifs is 1. The summed E-state index contributed by atoms with van der Waals surface area (Å²) in [6.45, 7) is 23.0. The Morgan fingerprint density at radius 3 is 1.75 bits per heavy atom. The van der Waals surface area contributed by atoms with E-state index in [0.717, 1.165) is 0 Å². The van der Waals surface area contributed by atoms with Crippen molar-refractivity contribution in [1.29, 1.82) is 5.26 Å². The van der Waals surface area contributed by atoms with Crippen molar-refractivity contribution in [3.63, 3.8) is 0 Å². The number of alkyl carbamates (subject to hydrolysis) is 4. The number of carbonyl (C=O) groups excluding carboxylic acids is 5. The standard InChI is InChI=1S/C47H80N6O18/c1-43(2,3)68-39(58)49-21-19-28(54)36(57)50-26-22-27(52-41(60)70-45(7,8)9)34(65-37-25(51-40(59)69-44(4,5)6)18-17-24(63-37)16-15-20-48)32(56)33(26)66-38-31(55)30(53-42(61)71-46(10,11)12)35-29(64-38)23-62-47(13,14)67-35/h24-35,37-38,54-56H,15-19,21-23H2,1-14H3,(H,49,58)(H,50,57)(H,51,59)(H,52,60)(H,53,61)/t24?,25?,26-,27+,28+,29?,30-,31?,32?,33+,34?,35-,37-,38-/m1/s1. The fourth-order valence-corrected chi connectivity index (χ4v) is 8.24. The molecule has 3 aliphatic heterocycles. The maximum atomic E-state index is 13.9. The fourth-order valence-electron chi connectivity index (χ4n) is 8.24. The van der Waals surface area contributed by atoms with Gasteiger partial charge in [0, 0.05) is 13.0 Å². The van der Waals surface area contributed by atoms with Crippen LogP contribution in [0.4, 0.5) is 19.2 Å². The van der Waals surface area contributed by atoms with Crippen LogP contribution in [0.1, 0.15) is 135 Å². The summed E-state index contributed by atoms with van der Waals surface area (Å²) >= 11 is 0. The molecule has 0 aromatic heterocycles. The van der Waals surface area contributed by atoms with Crippen LogP contribution in [-0.4, -0.2) is 173 Å². The van der Waals surface area contributed by atoms with Crippen molar-refractivity contribution in [2.75, 3.05) is 13.2 Å². The van der Waals surface area contributed by atoms with Crippen molar-refractivity contribution in [3.05, 3.63) is 0 Å². The Morgan fingerprint density at radius 1 is 0.690 bits per heavy atom. The second-order valence-electron chi connectivity index (χ2n) is 22.7. The third-order valence-corrected chi connectivity index (χ3v) is 11.1. The van der Waals surface area contributed by atoms with E-state index in [0.29, 0.717) is 12.8 Å². The van der Waals surface area contributed by atoms with Gasteiger partial charge in [0.2, 0.25) is 5.91 Å². The maximum Gasteiger partial charge on any atom is 0.408 e. The number of aliphatic hydroxyl groups excluding tert-OH is 3. The van der Waals surface area contributed by atoms with E-state index in [1.165, 1.54) is 0 Å². The number of rotatable bonds is 14. The van der Waals surface area contributed by atoms with Gasteiger partial charge in [-0.1, -0.05) is 0 Å². The minimum atomic E-state index is -1.88. The molecule has 5 amide bonds. The lowest BCUT2D eigenvalue weighted by Gasteiger charge is -2.52. The van der Waals surface area contributed by atoms with Gasteiger partial charge in [0.25, 0.3) is 0 Å². The van der Waals surface area contributed by atoms with Crippen molar-refractivity contribution in [2.45, 2.75) is 249 Å². The molecular formula is C47H80N6O18. The number of nitrogens with zero attached hydrogens (tertiary/aromatic N) is 1. The van der Waals surface area contributed by atoms with Crippen LogP contribution in [0, 0.1) is 11.3 Å². The van der Waals surface area contributed by atoms with Crippen molar-refractivity contribution in [2.24, 2.45) is 0 Å². The molecule has 1 saturated carbocycles. The Balaban J connectivity index is 1.76. The van der Waals surface area contributed by atoms with E-state index in [1.807, 2.05) is 0 Å². The van der Waals surface area contributed by atoms with E-state index in [2.05, 4.69) is 32.7 Å². The first-order chi connectivity index (χ1) is 32.6. The number of carbonyl (C=O) groups is 5. The summed E-state index contributed by atoms with van der Waals surface area (Å²) in [5, 5.41) is 58.6. The Labute approximate surface area is 416 Å². The van der Waals surface area contributed by atoms with Gasteiger partial charge in [0.05, 0.1) is 42.9 Å². The molecule has 6 unspecified atom stereocenters. The molecule has 0 bridgehead atoms. The van der Waals surface area contributed by atoms with Gasteiger partial charge in [-0.05, 0) is 129 Å². The van der Waals surface area contributed by atoms with Gasteiger partial charge < -0.3 is 89.3 Å². The lowest BCUT2D eigenvalue weighted by molar-refractivity contribution is -0.376. The van der Waals surface area contributed by atoms with Crippen LogP contribution in [0.15, 0.2) is 0 Å². The molecule has 8 N–H and O–H groups in total. The van der Waals surface area contributed by atoms with Crippen LogP contribution in [0.5, 0.6) is 0 Å². The highest BCUT2D eigenvalue weighted by molar-refractivity contribution is 5.81. The summed E-state index contributed by atoms with van der Waals surface area (Å²) < 4.78 is 59.7. The first-order valence-electron chi connectivity index (χ1n) is 24.2. The van der Waals surface area contributed by atoms with Gasteiger partial charge in [0.15, 0.2) is 18.4 Å². The summed E-state index contributed by atoms with van der Waals surface area (Å²) in [6.07, 6.45) is -16.9. The molecular weight excluding hydrogens is 937 g/mol. The van der Waals surface area contributed by atoms with Crippen LogP contribution in [-0.2, 0) is 52.2 Å². The second-order valence-corrected chi connectivity index (χ2v) is 22.7. The fraction of sp³-hybridized carbons (Fsp3) is 0.872. The summed E-state index contributed by atoms with van der Waals surface area (Å²) in [5.41, 5.74) is -3.61. The molecule has 3 saturated heterocycles. The number of hydrogen-bond donors (Lipinski definition) is 8. The molecule has 1 aliphatic carbocycles. The van der Waals surface area contributed by atoms with E-state index < -0.39 is 144 Å². The topological polar surface area (TPSA) is 322 Å². The number of hydrogen-bond acceptors (Lipinski definition) is 19. The van der Waals surface area contributed by atoms with Crippen molar-refractivity contribution >= 4 is 30.3 Å². The summed E-state index contributed by atoms with van der Waals surface area (Å²) in [5.74, 6) is -2.14. The first-order valence-corrected chi connectivity index (χ1v) is 24.2. The monoisotopic (exact) mass is 1020 g/mol. The van der Waals surface area contributed by atoms with Crippen LogP contribution < -0.4 is 26.6 Å². The van der Waals surface area contributed by atoms with E-state index in [1.54, 1.807) is 96.9 Å². The van der Waals surface area contributed by atoms with Crippen molar-refractivity contribution in [1.82, 2.24) is 26.6 Å². The number of nitriles is 1. The Hall–Kier alpha value is -4.32. The summed E-state index contributed by atoms with van der Waals surface area (Å²) in [7, 11) is 0. The zero-order chi connectivity index (χ0) is 53.4. The van der Waals surface area contributed by atoms with E-state index in [4.69, 9.17) is 47.4 Å². The number of ether oxygens (including phenoxy) is 10. The average molecular weight is 1020 g/mol. The molecule has 14 atom stereocenters. The molecule has 0 aromatic carbocycles. The predicted molar refractivity (Wildman–Crippen MR) is 249 cm³/mol. The molecule has 3 heterocycles. The normalized spacial score (nSPS) is 31.5. The Bertz CT molecular complexity index is 1860. The minimum absolute atomic E-state index is 0.0979. The SMILES string of the molecule is CC(C)(C)OC(=O)NCC[C@H](O)C(=O)N[C@@H]1C[C@H](NC(=O)OC(C)(C)C)C(O[C@H]2OC(CCC#N)CCC2NC(=O)OC(C)(C)C)C(O)[C@H]1O[C@H]1OC2COC(C)(C)O[C@H]2[C@H](NC(=O)OC(C)(C)C)C1O. The highest BCUT2D eigenvalue weighted by Crippen LogP contribution is 2.37. The van der Waals surface area contributed by atoms with Gasteiger partial charge in [-0.3, -0.25) is 4.79 Å². The highest BCUT2D eigenvalue weighted by atomic mass is 16.8. The molecule has 71 heavy (non-hydrogen) atoms. The zero-order valence-corrected chi connectivity index (χ0v) is 43.7. The van der Waals surface area contributed by atoms with Gasteiger partial charge in [-0.2, -0.15) is 5.26 Å². The van der Waals surface area contributed by atoms with Crippen LogP contribution >= 0.6 is 0 Å².